The summed E-state index contributed by atoms with van der Waals surface area (Å²) in [6.45, 7) is 1.81. The number of Topliss-reactive ketones (excluding diaryl/α,β-unsaturated/α-hetero) is 1. The maximum absolute atomic E-state index is 14.8. The molecule has 1 aliphatic rings. The van der Waals surface area contributed by atoms with Gasteiger partial charge in [0, 0.05) is 21.3 Å². The van der Waals surface area contributed by atoms with Gasteiger partial charge in [0.25, 0.3) is 11.7 Å². The third-order valence-electron chi connectivity index (χ3n) is 5.16. The van der Waals surface area contributed by atoms with Crippen LogP contribution in [0.4, 0.5) is 14.5 Å². The van der Waals surface area contributed by atoms with E-state index in [2.05, 4.69) is 15.9 Å². The number of aliphatic hydroxyl groups excluding tert-OH is 1. The fourth-order valence-electron chi connectivity index (χ4n) is 3.66. The molecule has 1 heterocycles. The van der Waals surface area contributed by atoms with Crippen LogP contribution in [0.5, 0.6) is 0 Å². The van der Waals surface area contributed by atoms with E-state index in [9.17, 15) is 23.5 Å². The van der Waals surface area contributed by atoms with E-state index in [0.29, 0.717) is 5.56 Å². The van der Waals surface area contributed by atoms with Gasteiger partial charge in [-0.1, -0.05) is 46.3 Å². The van der Waals surface area contributed by atoms with Crippen molar-refractivity contribution in [2.45, 2.75) is 13.0 Å². The minimum absolute atomic E-state index is 0.0151. The Balaban J connectivity index is 1.99. The first-order chi connectivity index (χ1) is 14.8. The molecule has 1 aliphatic heterocycles. The summed E-state index contributed by atoms with van der Waals surface area (Å²) in [7, 11) is 0. The second-order valence-corrected chi connectivity index (χ2v) is 7.99. The number of carbonyl (C=O) groups is 2. The SMILES string of the molecule is Cc1cc(/C(O)=C2\C(=O)C(=O)N(c3cccc(F)c3)C2c2ccccc2F)ccc1Br. The number of halogens is 3. The maximum Gasteiger partial charge on any atom is 0.300 e. The molecule has 1 unspecified atom stereocenters. The molecule has 1 amide bonds. The molecule has 1 fully saturated rings. The summed E-state index contributed by atoms with van der Waals surface area (Å²) in [6.07, 6.45) is 0. The van der Waals surface area contributed by atoms with E-state index >= 15 is 0 Å². The zero-order valence-electron chi connectivity index (χ0n) is 16.3. The van der Waals surface area contributed by atoms with Gasteiger partial charge in [-0.2, -0.15) is 0 Å². The van der Waals surface area contributed by atoms with Gasteiger partial charge >= 0.3 is 0 Å². The number of ketones is 1. The molecule has 4 nitrogen and oxygen atoms in total. The molecule has 0 radical (unpaired) electrons. The maximum atomic E-state index is 14.8. The fourth-order valence-corrected chi connectivity index (χ4v) is 3.91. The van der Waals surface area contributed by atoms with Crippen molar-refractivity contribution in [2.24, 2.45) is 0 Å². The van der Waals surface area contributed by atoms with Crippen molar-refractivity contribution in [3.63, 3.8) is 0 Å². The molecule has 0 aromatic heterocycles. The number of nitrogens with zero attached hydrogens (tertiary/aromatic N) is 1. The minimum atomic E-state index is -1.26. The van der Waals surface area contributed by atoms with E-state index in [0.717, 1.165) is 21.0 Å². The summed E-state index contributed by atoms with van der Waals surface area (Å²) < 4.78 is 29.5. The average molecular weight is 484 g/mol. The fraction of sp³-hybridized carbons (Fsp3) is 0.0833. The lowest BCUT2D eigenvalue weighted by Crippen LogP contribution is -2.30. The number of hydrogen-bond donors (Lipinski definition) is 1. The minimum Gasteiger partial charge on any atom is -0.507 e. The molecule has 0 bridgehead atoms. The highest BCUT2D eigenvalue weighted by Crippen LogP contribution is 2.43. The van der Waals surface area contributed by atoms with Gasteiger partial charge in [-0.15, -0.1) is 0 Å². The third kappa shape index (κ3) is 3.65. The smallest absolute Gasteiger partial charge is 0.300 e. The lowest BCUT2D eigenvalue weighted by molar-refractivity contribution is -0.132. The van der Waals surface area contributed by atoms with Crippen molar-refractivity contribution in [3.05, 3.63) is 105 Å². The van der Waals surface area contributed by atoms with Gasteiger partial charge in [-0.05, 0) is 48.9 Å². The number of rotatable bonds is 3. The van der Waals surface area contributed by atoms with Gasteiger partial charge in [0.1, 0.15) is 17.4 Å². The summed E-state index contributed by atoms with van der Waals surface area (Å²) in [5.41, 5.74) is 0.939. The van der Waals surface area contributed by atoms with Crippen LogP contribution in [0.2, 0.25) is 0 Å². The molecule has 7 heteroatoms. The van der Waals surface area contributed by atoms with E-state index in [1.54, 1.807) is 31.2 Å². The summed E-state index contributed by atoms with van der Waals surface area (Å²) in [6, 6.07) is 14.5. The van der Waals surface area contributed by atoms with Crippen molar-refractivity contribution in [1.82, 2.24) is 0 Å². The standard InChI is InChI=1S/C24H16BrF2NO3/c1-13-11-14(9-10-18(13)25)22(29)20-21(17-7-2-3-8-19(17)27)28(24(31)23(20)30)16-6-4-5-15(26)12-16/h2-12,21,29H,1H3/b22-20+. The molecular weight excluding hydrogens is 468 g/mol. The van der Waals surface area contributed by atoms with Gasteiger partial charge in [-0.25, -0.2) is 8.78 Å². The van der Waals surface area contributed by atoms with Crippen molar-refractivity contribution < 1.29 is 23.5 Å². The molecule has 0 spiro atoms. The van der Waals surface area contributed by atoms with E-state index in [4.69, 9.17) is 0 Å². The van der Waals surface area contributed by atoms with Crippen LogP contribution in [0.15, 0.2) is 76.8 Å². The van der Waals surface area contributed by atoms with Crippen molar-refractivity contribution in [1.29, 1.82) is 0 Å². The van der Waals surface area contributed by atoms with Gasteiger partial charge in [-0.3, -0.25) is 14.5 Å². The highest BCUT2D eigenvalue weighted by Gasteiger charge is 2.47. The summed E-state index contributed by atoms with van der Waals surface area (Å²) in [5.74, 6) is -3.66. The number of anilines is 1. The molecule has 3 aromatic rings. The third-order valence-corrected chi connectivity index (χ3v) is 6.05. The zero-order valence-corrected chi connectivity index (χ0v) is 17.9. The Bertz CT molecular complexity index is 1260. The van der Waals surface area contributed by atoms with E-state index < -0.39 is 35.1 Å². The Morgan fingerprint density at radius 3 is 2.42 bits per heavy atom. The molecular formula is C24H16BrF2NO3. The van der Waals surface area contributed by atoms with Crippen LogP contribution < -0.4 is 4.90 Å². The Hall–Kier alpha value is -3.32. The summed E-state index contributed by atoms with van der Waals surface area (Å²) in [4.78, 5) is 27.0. The van der Waals surface area contributed by atoms with E-state index in [-0.39, 0.29) is 16.8 Å². The summed E-state index contributed by atoms with van der Waals surface area (Å²) >= 11 is 3.38. The Morgan fingerprint density at radius 1 is 1.00 bits per heavy atom. The lowest BCUT2D eigenvalue weighted by atomic mass is 9.94. The predicted octanol–water partition coefficient (Wildman–Crippen LogP) is 5.66. The lowest BCUT2D eigenvalue weighted by Gasteiger charge is -2.25. The van der Waals surface area contributed by atoms with Crippen LogP contribution in [0.3, 0.4) is 0 Å². The quantitative estimate of drug-likeness (QED) is 0.297. The number of hydrogen-bond acceptors (Lipinski definition) is 3. The van der Waals surface area contributed by atoms with Gasteiger partial charge in [0.2, 0.25) is 0 Å². The number of aryl methyl sites for hydroxylation is 1. The molecule has 1 atom stereocenters. The van der Waals surface area contributed by atoms with E-state index in [1.165, 1.54) is 36.4 Å². The van der Waals surface area contributed by atoms with Gasteiger partial charge in [0.05, 0.1) is 11.6 Å². The van der Waals surface area contributed by atoms with Crippen molar-refractivity contribution in [3.8, 4) is 0 Å². The second kappa shape index (κ2) is 8.07. The normalized spacial score (nSPS) is 17.9. The van der Waals surface area contributed by atoms with Crippen molar-refractivity contribution >= 4 is 39.1 Å². The first-order valence-electron chi connectivity index (χ1n) is 9.37. The van der Waals surface area contributed by atoms with E-state index in [1.807, 2.05) is 0 Å². The number of aliphatic hydroxyl groups is 1. The molecule has 3 aromatic carbocycles. The van der Waals surface area contributed by atoms with Gasteiger partial charge < -0.3 is 5.11 Å². The molecule has 4 rings (SSSR count). The Labute approximate surface area is 185 Å². The Morgan fingerprint density at radius 2 is 1.74 bits per heavy atom. The van der Waals surface area contributed by atoms with Crippen LogP contribution in [0, 0.1) is 18.6 Å². The summed E-state index contributed by atoms with van der Waals surface area (Å²) in [5, 5.41) is 11.0. The molecule has 1 saturated heterocycles. The predicted molar refractivity (Wildman–Crippen MR) is 116 cm³/mol. The largest absolute Gasteiger partial charge is 0.507 e. The van der Waals surface area contributed by atoms with Crippen LogP contribution >= 0.6 is 15.9 Å². The molecule has 31 heavy (non-hydrogen) atoms. The molecule has 1 N–H and O–H groups in total. The molecule has 0 aliphatic carbocycles. The highest BCUT2D eigenvalue weighted by atomic mass is 79.9. The second-order valence-electron chi connectivity index (χ2n) is 7.13. The average Bonchev–Trinajstić information content (AvgIpc) is 3.00. The number of benzene rings is 3. The topological polar surface area (TPSA) is 57.6 Å². The molecule has 0 saturated carbocycles. The zero-order chi connectivity index (χ0) is 22.3. The van der Waals surface area contributed by atoms with Crippen LogP contribution in [-0.4, -0.2) is 16.8 Å². The molecule has 156 valence electrons. The number of carbonyl (C=O) groups excluding carboxylic acids is 2. The highest BCUT2D eigenvalue weighted by molar-refractivity contribution is 9.10. The van der Waals surface area contributed by atoms with Gasteiger partial charge in [0.15, 0.2) is 0 Å². The van der Waals surface area contributed by atoms with Crippen molar-refractivity contribution in [2.75, 3.05) is 4.90 Å². The van der Waals surface area contributed by atoms with Crippen LogP contribution in [0.1, 0.15) is 22.7 Å². The first kappa shape index (κ1) is 20.9. The monoisotopic (exact) mass is 483 g/mol. The van der Waals surface area contributed by atoms with Crippen LogP contribution in [0.25, 0.3) is 5.76 Å². The first-order valence-corrected chi connectivity index (χ1v) is 10.2. The number of amides is 1. The van der Waals surface area contributed by atoms with Crippen LogP contribution in [-0.2, 0) is 9.59 Å². The Kier molecular flexibility index (Phi) is 5.45.